The first-order chi connectivity index (χ1) is 24.2. The monoisotopic (exact) mass is 706 g/mol. The molecule has 2 aromatic heterocycles. The van der Waals surface area contributed by atoms with Crippen LogP contribution in [0.2, 0.25) is 0 Å². The van der Waals surface area contributed by atoms with Crippen molar-refractivity contribution in [2.45, 2.75) is 89.3 Å². The molecule has 266 valence electrons. The number of amides is 2. The molecule has 51 heavy (non-hydrogen) atoms. The Kier molecular flexibility index (Phi) is 8.90. The highest BCUT2D eigenvalue weighted by atomic mass is 32.1. The van der Waals surface area contributed by atoms with Gasteiger partial charge in [-0.25, -0.2) is 19.6 Å². The van der Waals surface area contributed by atoms with E-state index in [2.05, 4.69) is 75.6 Å². The van der Waals surface area contributed by atoms with Gasteiger partial charge in [0.1, 0.15) is 27.7 Å². The molecule has 5 aromatic rings. The summed E-state index contributed by atoms with van der Waals surface area (Å²) in [6.45, 7) is 12.5. The van der Waals surface area contributed by atoms with Gasteiger partial charge in [0, 0.05) is 13.1 Å². The molecule has 10 nitrogen and oxygen atoms in total. The third-order valence-electron chi connectivity index (χ3n) is 9.37. The van der Waals surface area contributed by atoms with Crippen LogP contribution in [0.1, 0.15) is 84.9 Å². The van der Waals surface area contributed by atoms with E-state index in [-0.39, 0.29) is 18.2 Å². The van der Waals surface area contributed by atoms with Crippen molar-refractivity contribution < 1.29 is 19.1 Å². The maximum Gasteiger partial charge on any atom is 0.411 e. The second kappa shape index (κ2) is 13.1. The number of carbonyl (C=O) groups excluding carboxylic acids is 2. The molecule has 4 heterocycles. The first kappa shape index (κ1) is 34.7. The number of H-pyrrole nitrogens is 2. The minimum absolute atomic E-state index is 0.127. The topological polar surface area (TPSA) is 116 Å². The van der Waals surface area contributed by atoms with E-state index in [1.54, 1.807) is 16.0 Å². The van der Waals surface area contributed by atoms with Crippen LogP contribution in [0, 0.1) is 0 Å². The van der Waals surface area contributed by atoms with Gasteiger partial charge in [-0.1, -0.05) is 54.6 Å². The van der Waals surface area contributed by atoms with Crippen molar-refractivity contribution in [2.75, 3.05) is 13.1 Å². The molecular formula is C40H46N6O4S. The Balaban J connectivity index is 1.04. The van der Waals surface area contributed by atoms with Crippen molar-refractivity contribution in [3.05, 3.63) is 84.6 Å². The molecule has 0 aliphatic carbocycles. The van der Waals surface area contributed by atoms with Gasteiger partial charge >= 0.3 is 12.2 Å². The minimum Gasteiger partial charge on any atom is -0.444 e. The predicted octanol–water partition coefficient (Wildman–Crippen LogP) is 9.47. The first-order valence-electron chi connectivity index (χ1n) is 17.7. The molecule has 2 amide bonds. The van der Waals surface area contributed by atoms with Crippen LogP contribution in [0.3, 0.4) is 0 Å². The fourth-order valence-corrected chi connectivity index (χ4v) is 7.39. The van der Waals surface area contributed by atoms with Crippen LogP contribution in [0.4, 0.5) is 9.59 Å². The number of nitrogens with one attached hydrogen (secondary N) is 2. The van der Waals surface area contributed by atoms with E-state index in [4.69, 9.17) is 27.1 Å². The molecule has 0 spiro atoms. The molecule has 7 rings (SSSR count). The van der Waals surface area contributed by atoms with E-state index in [1.165, 1.54) is 0 Å². The number of nitrogens with zero attached hydrogens (tertiary/aromatic N) is 4. The second-order valence-electron chi connectivity index (χ2n) is 15.5. The van der Waals surface area contributed by atoms with Crippen LogP contribution in [0.25, 0.3) is 44.5 Å². The SMILES string of the molecule is CC(C)(C)OC(=O)N1CCCC1c1nc2ccc(-c3ccc(-c4ccc(-c5cnc(C6(S)CCCN6C(=O)OC(C)(C)C)[nH]5)cc4)cc3)cc2[nH]1. The zero-order valence-corrected chi connectivity index (χ0v) is 31.0. The highest BCUT2D eigenvalue weighted by Crippen LogP contribution is 2.42. The van der Waals surface area contributed by atoms with E-state index >= 15 is 0 Å². The smallest absolute Gasteiger partial charge is 0.411 e. The summed E-state index contributed by atoms with van der Waals surface area (Å²) in [5.41, 5.74) is 6.92. The standard InChI is InChI=1S/C40H46N6O4S/c1-38(2,3)49-36(47)45-21-7-9-33(45)34-42-30-19-18-29(23-31(30)43-34)27-12-10-25(11-13-27)26-14-16-28(17-15-26)32-24-41-35(44-32)40(51)20-8-22-46(40)37(48)50-39(4,5)6/h10-19,23-24,33,51H,7-9,20-22H2,1-6H3,(H,41,44)(H,42,43). The van der Waals surface area contributed by atoms with Gasteiger partial charge in [0.15, 0.2) is 0 Å². The number of hydrogen-bond acceptors (Lipinski definition) is 7. The molecule has 2 aliphatic rings. The maximum atomic E-state index is 13.0. The zero-order valence-electron chi connectivity index (χ0n) is 30.1. The molecule has 2 saturated heterocycles. The first-order valence-corrected chi connectivity index (χ1v) is 18.1. The number of aromatic nitrogens is 4. The Morgan fingerprint density at radius 3 is 2.02 bits per heavy atom. The normalized spacial score (nSPS) is 19.5. The third-order valence-corrected chi connectivity index (χ3v) is 10.0. The zero-order chi connectivity index (χ0) is 36.1. The van der Waals surface area contributed by atoms with Gasteiger partial charge in [-0.15, -0.1) is 12.6 Å². The number of imidazole rings is 2. The molecule has 2 atom stereocenters. The lowest BCUT2D eigenvalue weighted by molar-refractivity contribution is 0.0182. The average molecular weight is 707 g/mol. The molecule has 0 saturated carbocycles. The maximum absolute atomic E-state index is 13.0. The Labute approximate surface area is 304 Å². The third kappa shape index (κ3) is 7.22. The lowest BCUT2D eigenvalue weighted by atomic mass is 9.99. The van der Waals surface area contributed by atoms with Crippen molar-refractivity contribution in [2.24, 2.45) is 0 Å². The molecule has 2 unspecified atom stereocenters. The van der Waals surface area contributed by atoms with Crippen LogP contribution >= 0.6 is 12.6 Å². The number of likely N-dealkylation sites (tertiary alicyclic amines) is 2. The largest absolute Gasteiger partial charge is 0.444 e. The van der Waals surface area contributed by atoms with Crippen molar-refractivity contribution in [3.63, 3.8) is 0 Å². The van der Waals surface area contributed by atoms with E-state index in [0.717, 1.165) is 69.6 Å². The van der Waals surface area contributed by atoms with Gasteiger partial charge in [-0.3, -0.25) is 9.80 Å². The number of ether oxygens (including phenoxy) is 2. The van der Waals surface area contributed by atoms with E-state index < -0.39 is 16.1 Å². The number of rotatable bonds is 5. The van der Waals surface area contributed by atoms with Crippen LogP contribution in [-0.4, -0.2) is 66.2 Å². The fourth-order valence-electron chi connectivity index (χ4n) is 6.93. The van der Waals surface area contributed by atoms with Gasteiger partial charge in [0.05, 0.1) is 29.0 Å². The summed E-state index contributed by atoms with van der Waals surface area (Å²) >= 11 is 4.95. The van der Waals surface area contributed by atoms with E-state index in [0.29, 0.717) is 25.3 Å². The molecular weight excluding hydrogens is 661 g/mol. The minimum atomic E-state index is -0.856. The molecule has 2 fully saturated rings. The summed E-state index contributed by atoms with van der Waals surface area (Å²) in [5, 5.41) is 0. The lowest BCUT2D eigenvalue weighted by Crippen LogP contribution is -2.44. The number of aromatic amines is 2. The quantitative estimate of drug-likeness (QED) is 0.157. The van der Waals surface area contributed by atoms with Gasteiger partial charge in [-0.2, -0.15) is 0 Å². The summed E-state index contributed by atoms with van der Waals surface area (Å²) in [7, 11) is 0. The molecule has 2 N–H and O–H groups in total. The number of fused-ring (bicyclic) bond motifs is 1. The Bertz CT molecular complexity index is 2060. The van der Waals surface area contributed by atoms with E-state index in [1.807, 2.05) is 47.6 Å². The summed E-state index contributed by atoms with van der Waals surface area (Å²) < 4.78 is 11.3. The van der Waals surface area contributed by atoms with Crippen molar-refractivity contribution in [1.82, 2.24) is 29.7 Å². The molecule has 2 aliphatic heterocycles. The Hall–Kier alpha value is -4.77. The van der Waals surface area contributed by atoms with Gasteiger partial charge < -0.3 is 19.4 Å². The Morgan fingerprint density at radius 2 is 1.37 bits per heavy atom. The van der Waals surface area contributed by atoms with E-state index in [9.17, 15) is 9.59 Å². The summed E-state index contributed by atoms with van der Waals surface area (Å²) in [6.07, 6.45) is 4.39. The fraction of sp³-hybridized carbons (Fsp3) is 0.400. The van der Waals surface area contributed by atoms with Crippen molar-refractivity contribution in [1.29, 1.82) is 0 Å². The number of carbonyl (C=O) groups is 2. The van der Waals surface area contributed by atoms with Crippen molar-refractivity contribution in [3.8, 4) is 33.5 Å². The molecule has 0 bridgehead atoms. The van der Waals surface area contributed by atoms with Crippen LogP contribution in [0.5, 0.6) is 0 Å². The predicted molar refractivity (Wildman–Crippen MR) is 202 cm³/mol. The van der Waals surface area contributed by atoms with Crippen molar-refractivity contribution >= 4 is 35.8 Å². The second-order valence-corrected chi connectivity index (χ2v) is 16.3. The van der Waals surface area contributed by atoms with Crippen LogP contribution in [0.15, 0.2) is 72.9 Å². The summed E-state index contributed by atoms with van der Waals surface area (Å²) in [5.74, 6) is 1.43. The van der Waals surface area contributed by atoms with Gasteiger partial charge in [-0.05, 0) is 107 Å². The highest BCUT2D eigenvalue weighted by Gasteiger charge is 2.46. The Morgan fingerprint density at radius 1 is 0.784 bits per heavy atom. The lowest BCUT2D eigenvalue weighted by Gasteiger charge is -2.34. The molecule has 11 heteroatoms. The highest BCUT2D eigenvalue weighted by molar-refractivity contribution is 7.81. The van der Waals surface area contributed by atoms with Gasteiger partial charge in [0.25, 0.3) is 0 Å². The van der Waals surface area contributed by atoms with Gasteiger partial charge in [0.2, 0.25) is 0 Å². The summed E-state index contributed by atoms with van der Waals surface area (Å²) in [4.78, 5) is 44.8. The number of hydrogen-bond donors (Lipinski definition) is 3. The van der Waals surface area contributed by atoms with Crippen LogP contribution < -0.4 is 0 Å². The number of thiol groups is 1. The number of benzene rings is 3. The van der Waals surface area contributed by atoms with Crippen LogP contribution in [-0.2, 0) is 14.3 Å². The molecule has 0 radical (unpaired) electrons. The summed E-state index contributed by atoms with van der Waals surface area (Å²) in [6, 6.07) is 23.0. The average Bonchev–Trinajstić information content (AvgIpc) is 3.89. The molecule has 3 aromatic carbocycles.